The van der Waals surface area contributed by atoms with Crippen LogP contribution >= 0.6 is 23.2 Å². The van der Waals surface area contributed by atoms with E-state index in [-0.39, 0.29) is 11.4 Å². The summed E-state index contributed by atoms with van der Waals surface area (Å²) < 4.78 is 0. The van der Waals surface area contributed by atoms with Gasteiger partial charge in [-0.25, -0.2) is 0 Å². The van der Waals surface area contributed by atoms with Gasteiger partial charge in [-0.15, -0.1) is 0 Å². The molecule has 4 fully saturated rings. The van der Waals surface area contributed by atoms with Gasteiger partial charge in [-0.3, -0.25) is 4.79 Å². The van der Waals surface area contributed by atoms with E-state index in [0.29, 0.717) is 10.0 Å². The number of carbonyl (C=O) groups is 1. The SMILES string of the molecule is O=C(C=C(c1ccc(Cl)cc1)c1ccc(Cl)cc1)NC12CC3CC(CC(C3)C1)C2. The lowest BCUT2D eigenvalue weighted by Crippen LogP contribution is -2.59. The van der Waals surface area contributed by atoms with Crippen molar-refractivity contribution in [1.29, 1.82) is 0 Å². The second-order valence-electron chi connectivity index (χ2n) is 9.26. The zero-order valence-electron chi connectivity index (χ0n) is 16.3. The van der Waals surface area contributed by atoms with Crippen LogP contribution in [0, 0.1) is 17.8 Å². The second-order valence-corrected chi connectivity index (χ2v) is 10.1. The predicted octanol–water partition coefficient (Wildman–Crippen LogP) is 6.51. The van der Waals surface area contributed by atoms with E-state index in [2.05, 4.69) is 5.32 Å². The maximum absolute atomic E-state index is 13.2. The van der Waals surface area contributed by atoms with Crippen molar-refractivity contribution >= 4 is 34.7 Å². The molecule has 0 radical (unpaired) electrons. The molecule has 4 heteroatoms. The van der Waals surface area contributed by atoms with Crippen LogP contribution in [0.2, 0.25) is 10.0 Å². The average Bonchev–Trinajstić information content (AvgIpc) is 2.66. The molecule has 1 amide bonds. The molecule has 0 atom stereocenters. The molecule has 4 saturated carbocycles. The highest BCUT2D eigenvalue weighted by Crippen LogP contribution is 2.55. The summed E-state index contributed by atoms with van der Waals surface area (Å²) in [6.07, 6.45) is 9.30. The Kier molecular flexibility index (Phi) is 4.96. The maximum atomic E-state index is 13.2. The number of carbonyl (C=O) groups excluding carboxylic acids is 1. The number of nitrogens with one attached hydrogen (secondary N) is 1. The van der Waals surface area contributed by atoms with E-state index in [0.717, 1.165) is 53.7 Å². The van der Waals surface area contributed by atoms with Gasteiger partial charge in [-0.05, 0) is 97.2 Å². The number of amides is 1. The van der Waals surface area contributed by atoms with E-state index in [1.54, 1.807) is 6.08 Å². The van der Waals surface area contributed by atoms with Gasteiger partial charge in [0.1, 0.15) is 0 Å². The fraction of sp³-hybridized carbons (Fsp3) is 0.400. The Morgan fingerprint density at radius 2 is 1.21 bits per heavy atom. The quantitative estimate of drug-likeness (QED) is 0.555. The smallest absolute Gasteiger partial charge is 0.245 e. The first-order valence-corrected chi connectivity index (χ1v) is 11.3. The van der Waals surface area contributed by atoms with Crippen molar-refractivity contribution in [1.82, 2.24) is 5.32 Å². The van der Waals surface area contributed by atoms with Gasteiger partial charge in [-0.2, -0.15) is 0 Å². The van der Waals surface area contributed by atoms with E-state index in [4.69, 9.17) is 23.2 Å². The van der Waals surface area contributed by atoms with Crippen molar-refractivity contribution in [3.8, 4) is 0 Å². The fourth-order valence-electron chi connectivity index (χ4n) is 6.28. The van der Waals surface area contributed by atoms with E-state index in [1.165, 1.54) is 19.3 Å². The molecule has 0 saturated heterocycles. The molecule has 0 aliphatic heterocycles. The predicted molar refractivity (Wildman–Crippen MR) is 119 cm³/mol. The Balaban J connectivity index is 1.44. The van der Waals surface area contributed by atoms with Crippen LogP contribution < -0.4 is 5.32 Å². The largest absolute Gasteiger partial charge is 0.347 e. The van der Waals surface area contributed by atoms with Crippen molar-refractivity contribution in [2.24, 2.45) is 17.8 Å². The van der Waals surface area contributed by atoms with Crippen molar-refractivity contribution < 1.29 is 4.79 Å². The first kappa shape index (κ1) is 19.2. The van der Waals surface area contributed by atoms with Gasteiger partial charge in [-0.1, -0.05) is 47.5 Å². The molecule has 1 N–H and O–H groups in total. The van der Waals surface area contributed by atoms with E-state index in [1.807, 2.05) is 48.5 Å². The summed E-state index contributed by atoms with van der Waals surface area (Å²) in [5.74, 6) is 2.42. The first-order valence-electron chi connectivity index (χ1n) is 10.5. The molecular weight excluding hydrogens is 401 g/mol. The summed E-state index contributed by atoms with van der Waals surface area (Å²) in [5.41, 5.74) is 2.84. The first-order chi connectivity index (χ1) is 14.0. The molecule has 2 aromatic carbocycles. The highest BCUT2D eigenvalue weighted by Gasteiger charge is 2.51. The van der Waals surface area contributed by atoms with Crippen molar-refractivity contribution in [2.75, 3.05) is 0 Å². The highest BCUT2D eigenvalue weighted by atomic mass is 35.5. The van der Waals surface area contributed by atoms with Crippen molar-refractivity contribution in [3.05, 3.63) is 75.8 Å². The normalized spacial score (nSPS) is 29.5. The van der Waals surface area contributed by atoms with Crippen LogP contribution in [-0.2, 0) is 4.79 Å². The molecule has 0 heterocycles. The number of halogens is 2. The van der Waals surface area contributed by atoms with Crippen LogP contribution in [0.25, 0.3) is 5.57 Å². The molecule has 150 valence electrons. The summed E-state index contributed by atoms with van der Waals surface area (Å²) in [6.45, 7) is 0. The number of benzene rings is 2. The van der Waals surface area contributed by atoms with Gasteiger partial charge in [0.15, 0.2) is 0 Å². The van der Waals surface area contributed by atoms with Gasteiger partial charge >= 0.3 is 0 Å². The molecule has 4 bridgehead atoms. The lowest BCUT2D eigenvalue weighted by atomic mass is 9.53. The minimum absolute atomic E-state index is 0.00634. The van der Waals surface area contributed by atoms with Crippen LogP contribution in [-0.4, -0.2) is 11.4 Å². The molecular formula is C25H25Cl2NO. The lowest BCUT2D eigenvalue weighted by Gasteiger charge is -2.56. The molecule has 0 spiro atoms. The fourth-order valence-corrected chi connectivity index (χ4v) is 6.54. The van der Waals surface area contributed by atoms with E-state index in [9.17, 15) is 4.79 Å². The monoisotopic (exact) mass is 425 g/mol. The van der Waals surface area contributed by atoms with E-state index >= 15 is 0 Å². The standard InChI is InChI=1S/C25H25Cl2NO/c26-21-5-1-19(2-6-21)23(20-3-7-22(27)8-4-20)12-24(29)28-25-13-16-9-17(14-25)11-18(10-16)15-25/h1-8,12,16-18H,9-11,13-15H2,(H,28,29). The Morgan fingerprint density at radius 3 is 1.62 bits per heavy atom. The van der Waals surface area contributed by atoms with Gasteiger partial charge in [0.25, 0.3) is 0 Å². The maximum Gasteiger partial charge on any atom is 0.245 e. The van der Waals surface area contributed by atoms with Crippen molar-refractivity contribution in [3.63, 3.8) is 0 Å². The third kappa shape index (κ3) is 3.98. The summed E-state index contributed by atoms with van der Waals surface area (Å²) >= 11 is 12.2. The Labute approximate surface area is 182 Å². The third-order valence-electron chi connectivity index (χ3n) is 7.01. The van der Waals surface area contributed by atoms with Crippen molar-refractivity contribution in [2.45, 2.75) is 44.1 Å². The summed E-state index contributed by atoms with van der Waals surface area (Å²) in [5, 5.41) is 4.82. The third-order valence-corrected chi connectivity index (χ3v) is 7.52. The van der Waals surface area contributed by atoms with Crippen LogP contribution in [0.15, 0.2) is 54.6 Å². The zero-order chi connectivity index (χ0) is 20.0. The van der Waals surface area contributed by atoms with Crippen LogP contribution in [0.4, 0.5) is 0 Å². The highest BCUT2D eigenvalue weighted by molar-refractivity contribution is 6.31. The Morgan fingerprint density at radius 1 is 0.793 bits per heavy atom. The number of hydrogen-bond donors (Lipinski definition) is 1. The van der Waals surface area contributed by atoms with Gasteiger partial charge in [0.05, 0.1) is 0 Å². The molecule has 4 aliphatic carbocycles. The molecule has 6 rings (SSSR count). The molecule has 0 aromatic heterocycles. The minimum atomic E-state index is 0.00634. The van der Waals surface area contributed by atoms with E-state index < -0.39 is 0 Å². The van der Waals surface area contributed by atoms with Crippen LogP contribution in [0.1, 0.15) is 49.7 Å². The molecule has 29 heavy (non-hydrogen) atoms. The summed E-state index contributed by atoms with van der Waals surface area (Å²) in [6, 6.07) is 15.3. The minimum Gasteiger partial charge on any atom is -0.347 e. The Hall–Kier alpha value is -1.77. The average molecular weight is 426 g/mol. The van der Waals surface area contributed by atoms with Crippen LogP contribution in [0.3, 0.4) is 0 Å². The summed E-state index contributed by atoms with van der Waals surface area (Å²) in [7, 11) is 0. The molecule has 2 nitrogen and oxygen atoms in total. The molecule has 2 aromatic rings. The summed E-state index contributed by atoms with van der Waals surface area (Å²) in [4.78, 5) is 13.2. The number of hydrogen-bond acceptors (Lipinski definition) is 1. The van der Waals surface area contributed by atoms with Gasteiger partial charge in [0.2, 0.25) is 5.91 Å². The zero-order valence-corrected chi connectivity index (χ0v) is 17.8. The van der Waals surface area contributed by atoms with Gasteiger partial charge < -0.3 is 5.32 Å². The molecule has 0 unspecified atom stereocenters. The lowest BCUT2D eigenvalue weighted by molar-refractivity contribution is -0.122. The van der Waals surface area contributed by atoms with Crippen LogP contribution in [0.5, 0.6) is 0 Å². The topological polar surface area (TPSA) is 29.1 Å². The number of rotatable bonds is 4. The molecule has 4 aliphatic rings. The second kappa shape index (κ2) is 7.49. The van der Waals surface area contributed by atoms with Gasteiger partial charge in [0, 0.05) is 21.7 Å². The Bertz CT molecular complexity index is 863.